The molecule has 3 heteroatoms. The molecule has 0 saturated heterocycles. The van der Waals surface area contributed by atoms with Gasteiger partial charge in [-0.05, 0) is 17.7 Å². The largest absolute Gasteiger partial charge is 0.205 e. The van der Waals surface area contributed by atoms with Crippen molar-refractivity contribution in [3.63, 3.8) is 0 Å². The second-order valence-corrected chi connectivity index (χ2v) is 3.18. The summed E-state index contributed by atoms with van der Waals surface area (Å²) in [6.45, 7) is 0. The Labute approximate surface area is 67.4 Å². The first-order valence-electron chi connectivity index (χ1n) is 3.18. The van der Waals surface area contributed by atoms with E-state index in [0.717, 1.165) is 21.9 Å². The summed E-state index contributed by atoms with van der Waals surface area (Å²) in [5, 5.41) is 0.230. The van der Waals surface area contributed by atoms with Crippen LogP contribution < -0.4 is 0 Å². The van der Waals surface area contributed by atoms with E-state index in [1.807, 2.05) is 0 Å². The molecule has 0 radical (unpaired) electrons. The van der Waals surface area contributed by atoms with Gasteiger partial charge in [0, 0.05) is 10.2 Å². The van der Waals surface area contributed by atoms with Gasteiger partial charge in [-0.3, -0.25) is 0 Å². The molecule has 0 bridgehead atoms. The summed E-state index contributed by atoms with van der Waals surface area (Å²) in [7, 11) is 0.974. The van der Waals surface area contributed by atoms with E-state index in [4.69, 9.17) is 11.6 Å². The first-order chi connectivity index (χ1) is 4.75. The summed E-state index contributed by atoms with van der Waals surface area (Å²) >= 11 is 5.53. The molecule has 0 aliphatic rings. The zero-order valence-corrected chi connectivity index (χ0v) is 8.45. The summed E-state index contributed by atoms with van der Waals surface area (Å²) < 4.78 is 12.9. The van der Waals surface area contributed by atoms with Crippen LogP contribution in [-0.2, 0) is 6.04 Å². The second kappa shape index (κ2) is 3.17. The van der Waals surface area contributed by atoms with Crippen molar-refractivity contribution in [1.29, 1.82) is 0 Å². The highest BCUT2D eigenvalue weighted by molar-refractivity contribution is 6.30. The fourth-order valence-electron chi connectivity index (χ4n) is 0.822. The van der Waals surface area contributed by atoms with Gasteiger partial charge in [0.1, 0.15) is 5.82 Å². The Morgan fingerprint density at radius 3 is 2.70 bits per heavy atom. The maximum Gasteiger partial charge on any atom is 0.144 e. The van der Waals surface area contributed by atoms with E-state index in [1.54, 1.807) is 18.2 Å². The van der Waals surface area contributed by atoms with E-state index in [0.29, 0.717) is 0 Å². The highest BCUT2D eigenvalue weighted by Gasteiger charge is 2.01. The van der Waals surface area contributed by atoms with Crippen molar-refractivity contribution in [3.05, 3.63) is 34.6 Å². The molecular weight excluding hydrogens is 167 g/mol. The van der Waals surface area contributed by atoms with Crippen molar-refractivity contribution < 1.29 is 4.39 Å². The molecule has 0 spiro atoms. The van der Waals surface area contributed by atoms with Crippen molar-refractivity contribution in [2.45, 2.75) is 6.04 Å². The topological polar surface area (TPSA) is 0 Å². The minimum atomic E-state index is -0.251. The van der Waals surface area contributed by atoms with Gasteiger partial charge in [0.25, 0.3) is 0 Å². The average molecular weight is 175 g/mol. The zero-order valence-electron chi connectivity index (χ0n) is 5.70. The maximum atomic E-state index is 12.9. The van der Waals surface area contributed by atoms with Crippen molar-refractivity contribution in [2.75, 3.05) is 0 Å². The molecule has 0 N–H and O–H groups in total. The number of hydrogen-bond acceptors (Lipinski definition) is 0. The zero-order chi connectivity index (χ0) is 7.56. The molecule has 1 rings (SSSR count). The van der Waals surface area contributed by atoms with E-state index >= 15 is 0 Å². The SMILES string of the molecule is Fc1c(Cl)cccc1C[SiH3]. The van der Waals surface area contributed by atoms with Crippen LogP contribution in [0.4, 0.5) is 4.39 Å². The number of rotatable bonds is 1. The Kier molecular flexibility index (Phi) is 2.46. The van der Waals surface area contributed by atoms with Crippen LogP contribution >= 0.6 is 11.6 Å². The lowest BCUT2D eigenvalue weighted by Crippen LogP contribution is -1.89. The lowest BCUT2D eigenvalue weighted by atomic mass is 10.2. The standard InChI is InChI=1S/C7H8ClFSi/c8-6-3-1-2-5(4-10)7(6)9/h1-3H,4H2,10H3. The molecule has 0 unspecified atom stereocenters. The van der Waals surface area contributed by atoms with Crippen molar-refractivity contribution >= 4 is 21.8 Å². The minimum absolute atomic E-state index is 0.230. The van der Waals surface area contributed by atoms with E-state index in [1.165, 1.54) is 0 Å². The summed E-state index contributed by atoms with van der Waals surface area (Å²) in [6, 6.07) is 5.94. The van der Waals surface area contributed by atoms with Crippen LogP contribution in [0, 0.1) is 5.82 Å². The molecule has 0 aromatic heterocycles. The van der Waals surface area contributed by atoms with Gasteiger partial charge in [0.05, 0.1) is 5.02 Å². The van der Waals surface area contributed by atoms with Crippen LogP contribution in [0.3, 0.4) is 0 Å². The van der Waals surface area contributed by atoms with Crippen LogP contribution in [0.15, 0.2) is 18.2 Å². The molecule has 0 aliphatic carbocycles. The first-order valence-corrected chi connectivity index (χ1v) is 4.97. The van der Waals surface area contributed by atoms with Crippen molar-refractivity contribution in [1.82, 2.24) is 0 Å². The number of hydrogen-bond donors (Lipinski definition) is 0. The van der Waals surface area contributed by atoms with Gasteiger partial charge < -0.3 is 0 Å². The molecule has 0 atom stereocenters. The Morgan fingerprint density at radius 1 is 1.50 bits per heavy atom. The first kappa shape index (κ1) is 7.76. The molecule has 1 aromatic carbocycles. The van der Waals surface area contributed by atoms with Crippen molar-refractivity contribution in [2.24, 2.45) is 0 Å². The van der Waals surface area contributed by atoms with Gasteiger partial charge in [0.15, 0.2) is 0 Å². The monoisotopic (exact) mass is 174 g/mol. The fourth-order valence-corrected chi connectivity index (χ4v) is 1.56. The molecular formula is C7H8ClFSi. The third-order valence-electron chi connectivity index (χ3n) is 1.41. The summed E-state index contributed by atoms with van der Waals surface area (Å²) in [5.41, 5.74) is 0.735. The van der Waals surface area contributed by atoms with E-state index in [-0.39, 0.29) is 10.8 Å². The van der Waals surface area contributed by atoms with Gasteiger partial charge >= 0.3 is 0 Å². The molecule has 0 heterocycles. The Hall–Kier alpha value is -0.343. The van der Waals surface area contributed by atoms with Crippen LogP contribution in [0.5, 0.6) is 0 Å². The Balaban J connectivity index is 3.14. The Bertz CT molecular complexity index is 237. The third kappa shape index (κ3) is 1.38. The normalized spacial score (nSPS) is 10.2. The summed E-state index contributed by atoms with van der Waals surface area (Å²) in [6.07, 6.45) is 0. The average Bonchev–Trinajstić information content (AvgIpc) is 1.95. The quantitative estimate of drug-likeness (QED) is 0.564. The molecule has 0 nitrogen and oxygen atoms in total. The maximum absolute atomic E-state index is 12.9. The van der Waals surface area contributed by atoms with Crippen LogP contribution in [0.25, 0.3) is 0 Å². The second-order valence-electron chi connectivity index (χ2n) is 2.07. The van der Waals surface area contributed by atoms with Crippen molar-refractivity contribution in [3.8, 4) is 0 Å². The van der Waals surface area contributed by atoms with Gasteiger partial charge in [-0.15, -0.1) is 0 Å². The van der Waals surface area contributed by atoms with Gasteiger partial charge in [-0.2, -0.15) is 0 Å². The predicted molar refractivity (Wildman–Crippen MR) is 45.1 cm³/mol. The molecule has 0 saturated carbocycles. The summed E-state index contributed by atoms with van der Waals surface area (Å²) in [4.78, 5) is 0. The molecule has 0 amide bonds. The molecule has 10 heavy (non-hydrogen) atoms. The molecule has 0 aliphatic heterocycles. The van der Waals surface area contributed by atoms with E-state index in [9.17, 15) is 4.39 Å². The summed E-state index contributed by atoms with van der Waals surface area (Å²) in [5.74, 6) is -0.251. The minimum Gasteiger partial charge on any atom is -0.205 e. The van der Waals surface area contributed by atoms with E-state index in [2.05, 4.69) is 0 Å². The lowest BCUT2D eigenvalue weighted by Gasteiger charge is -1.98. The highest BCUT2D eigenvalue weighted by atomic mass is 35.5. The predicted octanol–water partition coefficient (Wildman–Crippen LogP) is 1.34. The molecule has 54 valence electrons. The van der Waals surface area contributed by atoms with Gasteiger partial charge in [-0.25, -0.2) is 4.39 Å². The van der Waals surface area contributed by atoms with Crippen LogP contribution in [-0.4, -0.2) is 10.2 Å². The van der Waals surface area contributed by atoms with E-state index < -0.39 is 0 Å². The highest BCUT2D eigenvalue weighted by Crippen LogP contribution is 2.17. The third-order valence-corrected chi connectivity index (χ3v) is 2.47. The fraction of sp³-hybridized carbons (Fsp3) is 0.143. The number of halogens is 2. The van der Waals surface area contributed by atoms with Crippen LogP contribution in [0.2, 0.25) is 5.02 Å². The smallest absolute Gasteiger partial charge is 0.144 e. The van der Waals surface area contributed by atoms with Crippen LogP contribution in [0.1, 0.15) is 5.56 Å². The van der Waals surface area contributed by atoms with Gasteiger partial charge in [-0.1, -0.05) is 23.7 Å². The lowest BCUT2D eigenvalue weighted by molar-refractivity contribution is 0.617. The Morgan fingerprint density at radius 2 is 2.20 bits per heavy atom. The van der Waals surface area contributed by atoms with Gasteiger partial charge in [0.2, 0.25) is 0 Å². The molecule has 1 aromatic rings. The molecule has 0 fully saturated rings. The number of benzene rings is 1.